The van der Waals surface area contributed by atoms with Crippen LogP contribution in [0.5, 0.6) is 0 Å². The van der Waals surface area contributed by atoms with Gasteiger partial charge in [0.15, 0.2) is 0 Å². The molecule has 0 radical (unpaired) electrons. The van der Waals surface area contributed by atoms with Crippen LogP contribution in [0.3, 0.4) is 0 Å². The van der Waals surface area contributed by atoms with E-state index in [2.05, 4.69) is 19.1 Å². The SMILES string of the molecule is CCCC[C@@H]1CCc2c(ccc3ccc(F)cc23)[C@H]1c1ccc(F)cc1. The zero-order valence-electron chi connectivity index (χ0n) is 15.1. The first kappa shape index (κ1) is 17.2. The normalized spacial score (nSPS) is 19.5. The second kappa shape index (κ2) is 7.19. The number of hydrogen-bond acceptors (Lipinski definition) is 0. The minimum Gasteiger partial charge on any atom is -0.207 e. The highest BCUT2D eigenvalue weighted by atomic mass is 19.1. The summed E-state index contributed by atoms with van der Waals surface area (Å²) >= 11 is 0. The van der Waals surface area contributed by atoms with E-state index in [4.69, 9.17) is 0 Å². The summed E-state index contributed by atoms with van der Waals surface area (Å²) in [5.41, 5.74) is 3.73. The molecule has 3 aromatic carbocycles. The molecular weight excluding hydrogens is 326 g/mol. The van der Waals surface area contributed by atoms with Crippen molar-refractivity contribution in [2.75, 3.05) is 0 Å². The van der Waals surface area contributed by atoms with Gasteiger partial charge in [-0.25, -0.2) is 8.78 Å². The van der Waals surface area contributed by atoms with E-state index in [0.717, 1.165) is 23.6 Å². The summed E-state index contributed by atoms with van der Waals surface area (Å²) in [6.07, 6.45) is 5.66. The van der Waals surface area contributed by atoms with E-state index in [1.165, 1.54) is 42.0 Å². The van der Waals surface area contributed by atoms with Crippen molar-refractivity contribution in [2.45, 2.75) is 44.9 Å². The summed E-state index contributed by atoms with van der Waals surface area (Å²) in [6, 6.07) is 16.3. The zero-order valence-corrected chi connectivity index (χ0v) is 15.1. The molecule has 0 amide bonds. The van der Waals surface area contributed by atoms with Crippen LogP contribution in [0.25, 0.3) is 10.8 Å². The molecule has 0 aliphatic heterocycles. The zero-order chi connectivity index (χ0) is 18.1. The van der Waals surface area contributed by atoms with Crippen LogP contribution in [0, 0.1) is 17.6 Å². The molecule has 0 saturated carbocycles. The molecule has 0 aromatic heterocycles. The molecule has 0 nitrogen and oxygen atoms in total. The van der Waals surface area contributed by atoms with Crippen LogP contribution in [-0.2, 0) is 6.42 Å². The predicted octanol–water partition coefficient (Wildman–Crippen LogP) is 7.00. The molecule has 0 N–H and O–H groups in total. The van der Waals surface area contributed by atoms with E-state index in [9.17, 15) is 8.78 Å². The van der Waals surface area contributed by atoms with Gasteiger partial charge in [-0.2, -0.15) is 0 Å². The van der Waals surface area contributed by atoms with Crippen molar-refractivity contribution in [1.82, 2.24) is 0 Å². The molecule has 1 aliphatic rings. The monoisotopic (exact) mass is 350 g/mol. The third-order valence-corrected chi connectivity index (χ3v) is 5.86. The van der Waals surface area contributed by atoms with Crippen LogP contribution in [0.2, 0.25) is 0 Å². The minimum atomic E-state index is -0.199. The molecule has 0 saturated heterocycles. The first-order valence-electron chi connectivity index (χ1n) is 9.64. The molecule has 2 atom stereocenters. The van der Waals surface area contributed by atoms with E-state index < -0.39 is 0 Å². The lowest BCUT2D eigenvalue weighted by molar-refractivity contribution is 0.372. The second-order valence-electron chi connectivity index (χ2n) is 7.47. The average Bonchev–Trinajstić information content (AvgIpc) is 2.66. The van der Waals surface area contributed by atoms with Crippen molar-refractivity contribution >= 4 is 10.8 Å². The first-order chi connectivity index (χ1) is 12.7. The van der Waals surface area contributed by atoms with Crippen LogP contribution in [0.15, 0.2) is 54.6 Å². The summed E-state index contributed by atoms with van der Waals surface area (Å²) in [4.78, 5) is 0. The molecule has 3 aromatic rings. The Balaban J connectivity index is 1.86. The van der Waals surface area contributed by atoms with Crippen molar-refractivity contribution in [3.8, 4) is 0 Å². The Morgan fingerprint density at radius 2 is 1.65 bits per heavy atom. The van der Waals surface area contributed by atoms with Crippen LogP contribution in [0.1, 0.15) is 55.2 Å². The largest absolute Gasteiger partial charge is 0.207 e. The van der Waals surface area contributed by atoms with Crippen molar-refractivity contribution in [2.24, 2.45) is 5.92 Å². The molecule has 4 rings (SSSR count). The summed E-state index contributed by atoms with van der Waals surface area (Å²) in [6.45, 7) is 2.22. The van der Waals surface area contributed by atoms with Gasteiger partial charge in [0.25, 0.3) is 0 Å². The number of hydrogen-bond donors (Lipinski definition) is 0. The highest BCUT2D eigenvalue weighted by Crippen LogP contribution is 2.45. The number of unbranched alkanes of at least 4 members (excludes halogenated alkanes) is 1. The Morgan fingerprint density at radius 3 is 2.42 bits per heavy atom. The molecular formula is C24H24F2. The van der Waals surface area contributed by atoms with Gasteiger partial charge in [0, 0.05) is 5.92 Å². The molecule has 0 heterocycles. The fourth-order valence-corrected chi connectivity index (χ4v) is 4.59. The Kier molecular flexibility index (Phi) is 4.76. The fourth-order valence-electron chi connectivity index (χ4n) is 4.59. The predicted molar refractivity (Wildman–Crippen MR) is 103 cm³/mol. The van der Waals surface area contributed by atoms with E-state index in [-0.39, 0.29) is 17.6 Å². The van der Waals surface area contributed by atoms with Gasteiger partial charge in [0.2, 0.25) is 0 Å². The molecule has 0 fully saturated rings. The van der Waals surface area contributed by atoms with Crippen LogP contribution in [-0.4, -0.2) is 0 Å². The third-order valence-electron chi connectivity index (χ3n) is 5.86. The lowest BCUT2D eigenvalue weighted by Crippen LogP contribution is -2.22. The van der Waals surface area contributed by atoms with Crippen LogP contribution < -0.4 is 0 Å². The maximum absolute atomic E-state index is 13.9. The fraction of sp³-hybridized carbons (Fsp3) is 0.333. The van der Waals surface area contributed by atoms with Gasteiger partial charge in [-0.05, 0) is 76.9 Å². The molecule has 26 heavy (non-hydrogen) atoms. The maximum Gasteiger partial charge on any atom is 0.123 e. The Bertz CT molecular complexity index is 911. The average molecular weight is 350 g/mol. The van der Waals surface area contributed by atoms with E-state index in [1.54, 1.807) is 18.2 Å². The van der Waals surface area contributed by atoms with Gasteiger partial charge >= 0.3 is 0 Å². The summed E-state index contributed by atoms with van der Waals surface area (Å²) in [5, 5.41) is 2.12. The second-order valence-corrected chi connectivity index (χ2v) is 7.47. The van der Waals surface area contributed by atoms with Gasteiger partial charge in [0.05, 0.1) is 0 Å². The number of rotatable bonds is 4. The lowest BCUT2D eigenvalue weighted by atomic mass is 9.69. The van der Waals surface area contributed by atoms with Crippen molar-refractivity contribution in [1.29, 1.82) is 0 Å². The van der Waals surface area contributed by atoms with Gasteiger partial charge in [0.1, 0.15) is 11.6 Å². The summed E-state index contributed by atoms with van der Waals surface area (Å²) < 4.78 is 27.3. The molecule has 134 valence electrons. The van der Waals surface area contributed by atoms with Gasteiger partial charge < -0.3 is 0 Å². The van der Waals surface area contributed by atoms with Gasteiger partial charge in [-0.1, -0.05) is 50.1 Å². The van der Waals surface area contributed by atoms with Gasteiger partial charge in [-0.3, -0.25) is 0 Å². The van der Waals surface area contributed by atoms with Crippen LogP contribution >= 0.6 is 0 Å². The van der Waals surface area contributed by atoms with Gasteiger partial charge in [-0.15, -0.1) is 0 Å². The van der Waals surface area contributed by atoms with E-state index in [1.807, 2.05) is 18.2 Å². The smallest absolute Gasteiger partial charge is 0.123 e. The number of fused-ring (bicyclic) bond motifs is 3. The summed E-state index contributed by atoms with van der Waals surface area (Å²) in [5.74, 6) is 0.435. The Morgan fingerprint density at radius 1 is 0.923 bits per heavy atom. The van der Waals surface area contributed by atoms with Crippen molar-refractivity contribution in [3.05, 3.63) is 82.9 Å². The quantitative estimate of drug-likeness (QED) is 0.475. The van der Waals surface area contributed by atoms with E-state index in [0.29, 0.717) is 5.92 Å². The minimum absolute atomic E-state index is 0.183. The maximum atomic E-state index is 13.9. The molecule has 1 aliphatic carbocycles. The Hall–Kier alpha value is -2.22. The molecule has 2 heteroatoms. The molecule has 0 unspecified atom stereocenters. The van der Waals surface area contributed by atoms with Crippen molar-refractivity contribution < 1.29 is 8.78 Å². The topological polar surface area (TPSA) is 0 Å². The highest BCUT2D eigenvalue weighted by molar-refractivity contribution is 5.87. The van der Waals surface area contributed by atoms with Crippen molar-refractivity contribution in [3.63, 3.8) is 0 Å². The Labute approximate surface area is 153 Å². The molecule has 0 bridgehead atoms. The van der Waals surface area contributed by atoms with Crippen LogP contribution in [0.4, 0.5) is 8.78 Å². The highest BCUT2D eigenvalue weighted by Gasteiger charge is 2.31. The molecule has 0 spiro atoms. The lowest BCUT2D eigenvalue weighted by Gasteiger charge is -2.35. The first-order valence-corrected chi connectivity index (χ1v) is 9.64. The summed E-state index contributed by atoms with van der Waals surface area (Å²) in [7, 11) is 0. The third kappa shape index (κ3) is 3.13. The standard InChI is InChI=1S/C24H24F2/c1-2-3-4-17-9-13-21-22(24(17)18-6-10-19(25)11-7-18)14-8-16-5-12-20(26)15-23(16)21/h5-8,10-12,14-15,17,24H,2-4,9,13H2,1H3/t17-,24-/m1/s1. The van der Waals surface area contributed by atoms with E-state index >= 15 is 0 Å². The number of aryl methyl sites for hydroxylation is 1. The number of halogens is 2. The number of benzene rings is 3.